The number of primary amides is 1. The van der Waals surface area contributed by atoms with Gasteiger partial charge in [0.2, 0.25) is 0 Å². The predicted octanol–water partition coefficient (Wildman–Crippen LogP) is 0.632. The van der Waals surface area contributed by atoms with Crippen LogP contribution >= 0.6 is 11.6 Å². The molecule has 3 rings (SSSR count). The van der Waals surface area contributed by atoms with Crippen molar-refractivity contribution in [2.24, 2.45) is 5.73 Å². The van der Waals surface area contributed by atoms with Crippen LogP contribution in [-0.4, -0.2) is 25.3 Å². The molecular weight excluding hydrogens is 282 g/mol. The predicted molar refractivity (Wildman–Crippen MR) is 72.1 cm³/mol. The van der Waals surface area contributed by atoms with Gasteiger partial charge in [-0.05, 0) is 12.1 Å². The molecule has 0 saturated heterocycles. The van der Waals surface area contributed by atoms with E-state index in [1.54, 1.807) is 24.3 Å². The van der Waals surface area contributed by atoms with Gasteiger partial charge in [-0.15, -0.1) is 5.10 Å². The second-order valence-corrected chi connectivity index (χ2v) is 4.42. The van der Waals surface area contributed by atoms with Crippen LogP contribution in [0.25, 0.3) is 11.3 Å². The zero-order valence-electron chi connectivity index (χ0n) is 10.0. The van der Waals surface area contributed by atoms with E-state index in [9.17, 15) is 9.59 Å². The minimum Gasteiger partial charge on any atom is -0.364 e. The van der Waals surface area contributed by atoms with Crippen molar-refractivity contribution in [1.82, 2.24) is 19.4 Å². The quantitative estimate of drug-likeness (QED) is 0.748. The Morgan fingerprint density at radius 2 is 2.00 bits per heavy atom. The number of aromatic nitrogens is 4. The van der Waals surface area contributed by atoms with Crippen LogP contribution in [0.4, 0.5) is 0 Å². The first-order valence-corrected chi connectivity index (χ1v) is 5.99. The van der Waals surface area contributed by atoms with E-state index in [0.717, 1.165) is 0 Å². The number of fused-ring (bicyclic) bond motifs is 1. The molecule has 2 heterocycles. The van der Waals surface area contributed by atoms with Crippen LogP contribution in [0.5, 0.6) is 0 Å². The lowest BCUT2D eigenvalue weighted by atomic mass is 10.3. The molecule has 3 aromatic rings. The highest BCUT2D eigenvalue weighted by atomic mass is 35.5. The van der Waals surface area contributed by atoms with E-state index in [4.69, 9.17) is 17.3 Å². The van der Waals surface area contributed by atoms with Crippen LogP contribution in [-0.2, 0) is 0 Å². The van der Waals surface area contributed by atoms with Crippen LogP contribution in [0, 0.1) is 0 Å². The summed E-state index contributed by atoms with van der Waals surface area (Å²) in [7, 11) is 0. The third kappa shape index (κ3) is 1.76. The third-order valence-corrected chi connectivity index (χ3v) is 3.11. The van der Waals surface area contributed by atoms with Crippen LogP contribution < -0.4 is 11.3 Å². The van der Waals surface area contributed by atoms with Gasteiger partial charge in [0.15, 0.2) is 11.3 Å². The minimum absolute atomic E-state index is 0.0948. The van der Waals surface area contributed by atoms with Crippen molar-refractivity contribution in [3.8, 4) is 5.69 Å². The van der Waals surface area contributed by atoms with E-state index in [0.29, 0.717) is 10.7 Å². The molecule has 0 saturated carbocycles. The molecule has 0 spiro atoms. The molecule has 8 heteroatoms. The van der Waals surface area contributed by atoms with E-state index in [2.05, 4.69) is 10.3 Å². The Labute approximate surface area is 117 Å². The topological polar surface area (TPSA) is 95.3 Å². The number of halogens is 1. The molecular formula is C12H8ClN5O2. The Kier molecular flexibility index (Phi) is 2.76. The van der Waals surface area contributed by atoms with E-state index in [1.165, 1.54) is 21.3 Å². The smallest absolute Gasteiger partial charge is 0.273 e. The Morgan fingerprint density at radius 1 is 1.25 bits per heavy atom. The standard InChI is InChI=1S/C12H8ClN5O2/c13-7-3-1-2-4-8(7)18-9(19)5-6-17-12(18)10(11(14)20)15-16-17/h1-6H,(H2,14,20). The zero-order valence-corrected chi connectivity index (χ0v) is 10.8. The first kappa shape index (κ1) is 12.4. The normalized spacial score (nSPS) is 10.8. The van der Waals surface area contributed by atoms with E-state index >= 15 is 0 Å². The van der Waals surface area contributed by atoms with Crippen molar-refractivity contribution in [3.05, 3.63) is 57.6 Å². The van der Waals surface area contributed by atoms with Gasteiger partial charge in [-0.3, -0.25) is 14.2 Å². The van der Waals surface area contributed by atoms with Crippen molar-refractivity contribution in [2.45, 2.75) is 0 Å². The van der Waals surface area contributed by atoms with Gasteiger partial charge in [-0.2, -0.15) is 0 Å². The molecule has 0 fully saturated rings. The van der Waals surface area contributed by atoms with Crippen LogP contribution in [0.2, 0.25) is 5.02 Å². The summed E-state index contributed by atoms with van der Waals surface area (Å²) in [5.74, 6) is -0.772. The second-order valence-electron chi connectivity index (χ2n) is 4.01. The SMILES string of the molecule is NC(=O)c1nnn2ccc(=O)n(-c3ccccc3Cl)c12. The Bertz CT molecular complexity index is 883. The molecule has 0 unspecified atom stereocenters. The number of para-hydroxylation sites is 1. The van der Waals surface area contributed by atoms with Crippen LogP contribution in [0.1, 0.15) is 10.5 Å². The van der Waals surface area contributed by atoms with Gasteiger partial charge < -0.3 is 5.73 Å². The highest BCUT2D eigenvalue weighted by Crippen LogP contribution is 2.20. The molecule has 0 aliphatic carbocycles. The average molecular weight is 290 g/mol. The number of nitrogens with zero attached hydrogens (tertiary/aromatic N) is 4. The Hall–Kier alpha value is -2.67. The van der Waals surface area contributed by atoms with Gasteiger partial charge >= 0.3 is 0 Å². The summed E-state index contributed by atoms with van der Waals surface area (Å²) in [5, 5.41) is 7.81. The summed E-state index contributed by atoms with van der Waals surface area (Å²) < 4.78 is 2.55. The molecule has 2 aromatic heterocycles. The van der Waals surface area contributed by atoms with Gasteiger partial charge in [-0.25, -0.2) is 4.52 Å². The van der Waals surface area contributed by atoms with Crippen molar-refractivity contribution >= 4 is 23.2 Å². The maximum Gasteiger partial charge on any atom is 0.273 e. The number of hydrogen-bond acceptors (Lipinski definition) is 4. The first-order valence-electron chi connectivity index (χ1n) is 5.61. The zero-order chi connectivity index (χ0) is 14.3. The lowest BCUT2D eigenvalue weighted by Crippen LogP contribution is -2.22. The number of amides is 1. The summed E-state index contributed by atoms with van der Waals surface area (Å²) in [5.41, 5.74) is 5.40. The molecule has 0 radical (unpaired) electrons. The fourth-order valence-electron chi connectivity index (χ4n) is 1.94. The van der Waals surface area contributed by atoms with Crippen molar-refractivity contribution < 1.29 is 4.79 Å². The summed E-state index contributed by atoms with van der Waals surface area (Å²) in [6.07, 6.45) is 1.41. The van der Waals surface area contributed by atoms with Crippen molar-refractivity contribution in [2.75, 3.05) is 0 Å². The van der Waals surface area contributed by atoms with Crippen LogP contribution in [0.3, 0.4) is 0 Å². The fourth-order valence-corrected chi connectivity index (χ4v) is 2.16. The maximum absolute atomic E-state index is 12.1. The molecule has 100 valence electrons. The molecule has 2 N–H and O–H groups in total. The number of rotatable bonds is 2. The lowest BCUT2D eigenvalue weighted by molar-refractivity contribution is 0.0997. The van der Waals surface area contributed by atoms with E-state index < -0.39 is 5.91 Å². The number of nitrogens with two attached hydrogens (primary N) is 1. The molecule has 0 aliphatic rings. The number of hydrogen-bond donors (Lipinski definition) is 1. The number of carbonyl (C=O) groups excluding carboxylic acids is 1. The highest BCUT2D eigenvalue weighted by Gasteiger charge is 2.18. The lowest BCUT2D eigenvalue weighted by Gasteiger charge is -2.09. The summed E-state index contributed by atoms with van der Waals surface area (Å²) in [6.45, 7) is 0. The molecule has 7 nitrogen and oxygen atoms in total. The Balaban J connectivity index is 2.49. The molecule has 0 atom stereocenters. The summed E-state index contributed by atoms with van der Waals surface area (Å²) >= 11 is 6.10. The molecule has 1 aromatic carbocycles. The molecule has 0 bridgehead atoms. The number of carbonyl (C=O) groups is 1. The van der Waals surface area contributed by atoms with Crippen molar-refractivity contribution in [3.63, 3.8) is 0 Å². The third-order valence-electron chi connectivity index (χ3n) is 2.79. The second kappa shape index (κ2) is 4.46. The van der Waals surface area contributed by atoms with E-state index in [1.807, 2.05) is 0 Å². The first-order chi connectivity index (χ1) is 9.59. The monoisotopic (exact) mass is 289 g/mol. The highest BCUT2D eigenvalue weighted by molar-refractivity contribution is 6.32. The average Bonchev–Trinajstić information content (AvgIpc) is 2.84. The van der Waals surface area contributed by atoms with Crippen molar-refractivity contribution in [1.29, 1.82) is 0 Å². The van der Waals surface area contributed by atoms with Crippen LogP contribution in [0.15, 0.2) is 41.3 Å². The molecule has 1 amide bonds. The fraction of sp³-hybridized carbons (Fsp3) is 0. The van der Waals surface area contributed by atoms with Gasteiger partial charge in [0.1, 0.15) is 0 Å². The Morgan fingerprint density at radius 3 is 2.70 bits per heavy atom. The van der Waals surface area contributed by atoms with Gasteiger partial charge in [-0.1, -0.05) is 28.9 Å². The number of benzene rings is 1. The maximum atomic E-state index is 12.1. The van der Waals surface area contributed by atoms with Gasteiger partial charge in [0, 0.05) is 12.3 Å². The minimum atomic E-state index is -0.772. The summed E-state index contributed by atoms with van der Waals surface area (Å²) in [6, 6.07) is 8.06. The van der Waals surface area contributed by atoms with Gasteiger partial charge in [0.05, 0.1) is 10.7 Å². The largest absolute Gasteiger partial charge is 0.364 e. The molecule has 0 aliphatic heterocycles. The summed E-state index contributed by atoms with van der Waals surface area (Å²) in [4.78, 5) is 23.6. The van der Waals surface area contributed by atoms with E-state index in [-0.39, 0.29) is 16.9 Å². The molecule has 20 heavy (non-hydrogen) atoms. The van der Waals surface area contributed by atoms with Gasteiger partial charge in [0.25, 0.3) is 11.5 Å².